The number of benzene rings is 1. The minimum Gasteiger partial charge on any atom is -0.450 e. The van der Waals surface area contributed by atoms with Gasteiger partial charge in [0.15, 0.2) is 5.60 Å². The van der Waals surface area contributed by atoms with Gasteiger partial charge in [0, 0.05) is 18.8 Å². The van der Waals surface area contributed by atoms with Crippen LogP contribution in [0.4, 0.5) is 5.95 Å². The standard InChI is InChI=1S/C16H19BN5O/c17-22-7-5-11(6-8-22)16(10-22)9-18-15(23-16)21-14-19-12-3-1-2-4-13(12)20-14/h1-4,11H,5-10H2,(H2,18,19,20,21)/q+1. The van der Waals surface area contributed by atoms with Gasteiger partial charge >= 0.3 is 7.98 Å². The molecular weight excluding hydrogens is 289 g/mol. The van der Waals surface area contributed by atoms with Gasteiger partial charge in [0.05, 0.1) is 30.7 Å². The summed E-state index contributed by atoms with van der Waals surface area (Å²) < 4.78 is 6.90. The molecule has 4 aliphatic heterocycles. The molecule has 2 aromatic rings. The Morgan fingerprint density at radius 1 is 1.30 bits per heavy atom. The van der Waals surface area contributed by atoms with Crippen molar-refractivity contribution in [3.63, 3.8) is 0 Å². The number of quaternary nitrogens is 1. The Hall–Kier alpha value is -2.02. The maximum absolute atomic E-state index is 6.47. The Morgan fingerprint density at radius 3 is 2.91 bits per heavy atom. The minimum atomic E-state index is -0.223. The number of rotatable bonds is 1. The lowest BCUT2D eigenvalue weighted by molar-refractivity contribution is -0.845. The van der Waals surface area contributed by atoms with E-state index in [1.807, 2.05) is 24.3 Å². The predicted octanol–water partition coefficient (Wildman–Crippen LogP) is 1.42. The van der Waals surface area contributed by atoms with Gasteiger partial charge in [-0.2, -0.15) is 0 Å². The number of piperidine rings is 3. The zero-order chi connectivity index (χ0) is 15.5. The van der Waals surface area contributed by atoms with Gasteiger partial charge < -0.3 is 14.1 Å². The van der Waals surface area contributed by atoms with Crippen LogP contribution in [0.2, 0.25) is 0 Å². The highest BCUT2D eigenvalue weighted by Crippen LogP contribution is 2.43. The molecule has 5 heterocycles. The van der Waals surface area contributed by atoms with E-state index in [2.05, 4.69) is 20.3 Å². The molecule has 23 heavy (non-hydrogen) atoms. The van der Waals surface area contributed by atoms with Gasteiger partial charge in [-0.25, -0.2) is 9.98 Å². The van der Waals surface area contributed by atoms with E-state index in [9.17, 15) is 0 Å². The van der Waals surface area contributed by atoms with Gasteiger partial charge in [-0.15, -0.1) is 0 Å². The van der Waals surface area contributed by atoms with Crippen molar-refractivity contribution < 1.29 is 9.13 Å². The number of aliphatic imine (C=N–C) groups is 1. The molecule has 3 fully saturated rings. The first-order valence-corrected chi connectivity index (χ1v) is 8.24. The molecule has 0 saturated carbocycles. The van der Waals surface area contributed by atoms with Crippen LogP contribution in [0.25, 0.3) is 11.0 Å². The summed E-state index contributed by atoms with van der Waals surface area (Å²) in [5, 5.41) is 3.19. The summed E-state index contributed by atoms with van der Waals surface area (Å²) >= 11 is 0. The summed E-state index contributed by atoms with van der Waals surface area (Å²) in [7, 11) is 6.47. The van der Waals surface area contributed by atoms with Crippen LogP contribution in [0, 0.1) is 5.92 Å². The fourth-order valence-electron chi connectivity index (χ4n) is 4.36. The van der Waals surface area contributed by atoms with E-state index < -0.39 is 0 Å². The average molecular weight is 308 g/mol. The van der Waals surface area contributed by atoms with Crippen LogP contribution in [-0.2, 0) is 4.74 Å². The van der Waals surface area contributed by atoms with Crippen molar-refractivity contribution in [2.45, 2.75) is 18.4 Å². The Bertz CT molecular complexity index is 762. The monoisotopic (exact) mass is 308 g/mol. The molecule has 2 bridgehead atoms. The Morgan fingerprint density at radius 2 is 2.13 bits per heavy atom. The largest absolute Gasteiger partial charge is 0.481 e. The van der Waals surface area contributed by atoms with E-state index in [1.54, 1.807) is 0 Å². The van der Waals surface area contributed by atoms with Gasteiger partial charge in [0.25, 0.3) is 6.02 Å². The van der Waals surface area contributed by atoms with Gasteiger partial charge in [-0.1, -0.05) is 12.1 Å². The molecule has 7 heteroatoms. The molecule has 2 N–H and O–H groups in total. The summed E-state index contributed by atoms with van der Waals surface area (Å²) in [6, 6.07) is 8.50. The summed E-state index contributed by atoms with van der Waals surface area (Å²) in [5.41, 5.74) is 1.70. The van der Waals surface area contributed by atoms with Crippen LogP contribution in [0.15, 0.2) is 29.3 Å². The van der Waals surface area contributed by atoms with Crippen molar-refractivity contribution in [1.82, 2.24) is 9.97 Å². The topological polar surface area (TPSA) is 62.3 Å². The second-order valence-corrected chi connectivity index (χ2v) is 7.11. The number of hydrogen-bond acceptors (Lipinski definition) is 4. The first-order chi connectivity index (χ1) is 11.1. The number of amidine groups is 1. The second kappa shape index (κ2) is 4.51. The molecule has 116 valence electrons. The number of aromatic nitrogens is 2. The number of aromatic amines is 1. The van der Waals surface area contributed by atoms with Crippen molar-refractivity contribution in [1.29, 1.82) is 0 Å². The third-order valence-corrected chi connectivity index (χ3v) is 5.58. The number of ether oxygens (including phenoxy) is 1. The first kappa shape index (κ1) is 13.4. The number of fused-ring (bicyclic) bond motifs is 3. The number of hydrogen-bond donors (Lipinski definition) is 2. The number of anilines is 1. The number of nitrogens with one attached hydrogen (secondary N) is 2. The van der Waals surface area contributed by atoms with Crippen LogP contribution >= 0.6 is 0 Å². The lowest BCUT2D eigenvalue weighted by atomic mass is 9.72. The molecule has 1 aromatic carbocycles. The number of H-pyrrole nitrogens is 1. The molecule has 4 aliphatic rings. The van der Waals surface area contributed by atoms with Gasteiger partial charge in [0.2, 0.25) is 5.95 Å². The zero-order valence-corrected chi connectivity index (χ0v) is 13.0. The van der Waals surface area contributed by atoms with Gasteiger partial charge in [0.1, 0.15) is 6.54 Å². The molecule has 3 saturated heterocycles. The molecular formula is C16H19BN5O+. The third kappa shape index (κ3) is 2.06. The molecule has 1 atom stereocenters. The predicted molar refractivity (Wildman–Crippen MR) is 89.2 cm³/mol. The van der Waals surface area contributed by atoms with Crippen molar-refractivity contribution >= 4 is 31.0 Å². The highest BCUT2D eigenvalue weighted by molar-refractivity contribution is 5.97. The Labute approximate surface area is 136 Å². The highest BCUT2D eigenvalue weighted by atomic mass is 16.5. The van der Waals surface area contributed by atoms with Crippen LogP contribution in [-0.4, -0.2) is 60.1 Å². The number of imidazole rings is 1. The van der Waals surface area contributed by atoms with Crippen molar-refractivity contribution in [2.75, 3.05) is 31.5 Å². The van der Waals surface area contributed by atoms with E-state index in [4.69, 9.17) is 12.7 Å². The normalized spacial score (nSPS) is 35.5. The lowest BCUT2D eigenvalue weighted by Crippen LogP contribution is -2.69. The van der Waals surface area contributed by atoms with Crippen molar-refractivity contribution in [3.05, 3.63) is 24.3 Å². The van der Waals surface area contributed by atoms with Crippen molar-refractivity contribution in [2.24, 2.45) is 10.9 Å². The fraction of sp³-hybridized carbons (Fsp3) is 0.500. The maximum atomic E-state index is 6.47. The summed E-state index contributed by atoms with van der Waals surface area (Å²) in [5.74, 6) is 1.23. The van der Waals surface area contributed by atoms with Crippen LogP contribution in [0.1, 0.15) is 12.8 Å². The minimum absolute atomic E-state index is 0.223. The molecule has 1 spiro atoms. The Kier molecular flexibility index (Phi) is 2.63. The number of nitrogens with zero attached hydrogens (tertiary/aromatic N) is 3. The van der Waals surface area contributed by atoms with E-state index in [-0.39, 0.29) is 5.60 Å². The summed E-state index contributed by atoms with van der Waals surface area (Å²) in [4.78, 5) is 12.3. The molecule has 2 radical (unpaired) electrons. The molecule has 1 aromatic heterocycles. The van der Waals surface area contributed by atoms with E-state index >= 15 is 0 Å². The zero-order valence-electron chi connectivity index (χ0n) is 13.0. The molecule has 0 aliphatic carbocycles. The Balaban J connectivity index is 1.36. The van der Waals surface area contributed by atoms with Gasteiger partial charge in [-0.05, 0) is 12.1 Å². The number of para-hydroxylation sites is 2. The third-order valence-electron chi connectivity index (χ3n) is 5.58. The smallest absolute Gasteiger partial charge is 0.450 e. The van der Waals surface area contributed by atoms with E-state index in [0.717, 1.165) is 43.5 Å². The molecule has 6 nitrogen and oxygen atoms in total. The molecule has 1 unspecified atom stereocenters. The maximum Gasteiger partial charge on any atom is 0.481 e. The summed E-state index contributed by atoms with van der Waals surface area (Å²) in [6.45, 7) is 3.66. The average Bonchev–Trinajstić information content (AvgIpc) is 3.11. The lowest BCUT2D eigenvalue weighted by Gasteiger charge is -2.55. The highest BCUT2D eigenvalue weighted by Gasteiger charge is 2.57. The van der Waals surface area contributed by atoms with E-state index in [0.29, 0.717) is 28.8 Å². The van der Waals surface area contributed by atoms with Crippen molar-refractivity contribution in [3.8, 4) is 0 Å². The van der Waals surface area contributed by atoms with Gasteiger partial charge in [-0.3, -0.25) is 5.32 Å². The quantitative estimate of drug-likeness (QED) is 0.783. The van der Waals surface area contributed by atoms with Crippen LogP contribution in [0.5, 0.6) is 0 Å². The van der Waals surface area contributed by atoms with Crippen LogP contribution in [0.3, 0.4) is 0 Å². The van der Waals surface area contributed by atoms with Crippen LogP contribution < -0.4 is 5.32 Å². The van der Waals surface area contributed by atoms with E-state index in [1.165, 1.54) is 0 Å². The SMILES string of the molecule is [B][N+]12CCC(CC1)C1(CN=C(Nc3nc4ccccc4[nH]3)O1)C2. The fourth-order valence-corrected chi connectivity index (χ4v) is 4.36. The second-order valence-electron chi connectivity index (χ2n) is 7.11. The molecule has 6 rings (SSSR count). The first-order valence-electron chi connectivity index (χ1n) is 8.24. The molecule has 0 amide bonds. The summed E-state index contributed by atoms with van der Waals surface area (Å²) in [6.07, 6.45) is 2.26.